The topological polar surface area (TPSA) is 21.3 Å². The van der Waals surface area contributed by atoms with Crippen LogP contribution < -0.4 is 10.1 Å². The van der Waals surface area contributed by atoms with Gasteiger partial charge in [-0.05, 0) is 43.4 Å². The van der Waals surface area contributed by atoms with E-state index in [9.17, 15) is 13.2 Å². The third-order valence-electron chi connectivity index (χ3n) is 4.03. The fraction of sp³-hybridized carbons (Fsp3) is 0.500. The second kappa shape index (κ2) is 5.72. The zero-order chi connectivity index (χ0) is 14.9. The molecule has 0 aromatic heterocycles. The Hall–Kier alpha value is -1.49. The molecular formula is C16H18F3NO. The van der Waals surface area contributed by atoms with Crippen LogP contribution in [-0.4, -0.2) is 18.4 Å². The van der Waals surface area contributed by atoms with Crippen molar-refractivity contribution in [2.24, 2.45) is 0 Å². The third-order valence-corrected chi connectivity index (χ3v) is 4.03. The number of alkyl halides is 3. The van der Waals surface area contributed by atoms with Crippen LogP contribution in [0.2, 0.25) is 0 Å². The van der Waals surface area contributed by atoms with Gasteiger partial charge in [0.1, 0.15) is 5.75 Å². The van der Waals surface area contributed by atoms with Gasteiger partial charge in [-0.3, -0.25) is 0 Å². The van der Waals surface area contributed by atoms with Gasteiger partial charge < -0.3 is 10.1 Å². The Labute approximate surface area is 122 Å². The third kappa shape index (κ3) is 4.00. The molecule has 2 nitrogen and oxygen atoms in total. The molecule has 1 fully saturated rings. The molecule has 114 valence electrons. The van der Waals surface area contributed by atoms with Gasteiger partial charge in [-0.15, -0.1) is 13.2 Å². The summed E-state index contributed by atoms with van der Waals surface area (Å²) in [6.07, 6.45) is 2.88. The van der Waals surface area contributed by atoms with Gasteiger partial charge in [0.25, 0.3) is 0 Å². The molecule has 2 atom stereocenters. The quantitative estimate of drug-likeness (QED) is 0.852. The minimum absolute atomic E-state index is 0.144. The minimum Gasteiger partial charge on any atom is -0.406 e. The van der Waals surface area contributed by atoms with Crippen molar-refractivity contribution in [3.8, 4) is 5.75 Å². The molecule has 1 N–H and O–H groups in total. The summed E-state index contributed by atoms with van der Waals surface area (Å²) < 4.78 is 40.7. The molecule has 2 unspecified atom stereocenters. The van der Waals surface area contributed by atoms with E-state index in [1.807, 2.05) is 6.07 Å². The zero-order valence-electron chi connectivity index (χ0n) is 11.6. The Morgan fingerprint density at radius 1 is 1.24 bits per heavy atom. The molecule has 1 saturated heterocycles. The van der Waals surface area contributed by atoms with Crippen molar-refractivity contribution in [1.82, 2.24) is 5.32 Å². The Balaban J connectivity index is 1.70. The largest absolute Gasteiger partial charge is 0.573 e. The molecule has 0 aliphatic carbocycles. The molecule has 2 bridgehead atoms. The Morgan fingerprint density at radius 3 is 2.86 bits per heavy atom. The van der Waals surface area contributed by atoms with Gasteiger partial charge in [-0.1, -0.05) is 30.2 Å². The number of fused-ring (bicyclic) bond motifs is 2. The summed E-state index contributed by atoms with van der Waals surface area (Å²) >= 11 is 0. The standard InChI is InChI=1S/C16H18F3NO/c17-16(18,19)21-15-6-1-3-11(10-15)7-12-8-13-4-2-5-14(9-12)20-13/h1,3,6,8,10,13-14,20H,2,4-5,7,9H2. The lowest BCUT2D eigenvalue weighted by atomic mass is 9.85. The molecule has 0 radical (unpaired) electrons. The number of benzene rings is 1. The number of hydrogen-bond donors (Lipinski definition) is 1. The van der Waals surface area contributed by atoms with E-state index >= 15 is 0 Å². The number of ether oxygens (including phenoxy) is 1. The van der Waals surface area contributed by atoms with Gasteiger partial charge in [0.2, 0.25) is 0 Å². The van der Waals surface area contributed by atoms with Crippen LogP contribution in [0.25, 0.3) is 0 Å². The Morgan fingerprint density at radius 2 is 2.10 bits per heavy atom. The van der Waals surface area contributed by atoms with Crippen molar-refractivity contribution < 1.29 is 17.9 Å². The van der Waals surface area contributed by atoms with Crippen molar-refractivity contribution in [2.75, 3.05) is 0 Å². The second-order valence-electron chi connectivity index (χ2n) is 5.80. The zero-order valence-corrected chi connectivity index (χ0v) is 11.6. The average molecular weight is 297 g/mol. The van der Waals surface area contributed by atoms with E-state index in [0.29, 0.717) is 18.5 Å². The van der Waals surface area contributed by atoms with Crippen molar-refractivity contribution in [2.45, 2.75) is 50.6 Å². The molecule has 2 aliphatic rings. The van der Waals surface area contributed by atoms with Gasteiger partial charge in [0.05, 0.1) is 0 Å². The highest BCUT2D eigenvalue weighted by molar-refractivity contribution is 5.32. The maximum atomic E-state index is 12.2. The van der Waals surface area contributed by atoms with Crippen LogP contribution in [0.4, 0.5) is 13.2 Å². The normalized spacial score (nSPS) is 25.4. The molecule has 0 saturated carbocycles. The summed E-state index contributed by atoms with van der Waals surface area (Å²) in [6.45, 7) is 0. The van der Waals surface area contributed by atoms with Crippen molar-refractivity contribution >= 4 is 0 Å². The van der Waals surface area contributed by atoms with Gasteiger partial charge in [0, 0.05) is 12.1 Å². The fourth-order valence-corrected chi connectivity index (χ4v) is 3.26. The fourth-order valence-electron chi connectivity index (χ4n) is 3.26. The first-order valence-electron chi connectivity index (χ1n) is 7.28. The molecule has 5 heteroatoms. The van der Waals surface area contributed by atoms with Crippen LogP contribution in [0, 0.1) is 0 Å². The van der Waals surface area contributed by atoms with Crippen LogP contribution in [0.15, 0.2) is 35.9 Å². The van der Waals surface area contributed by atoms with Crippen LogP contribution in [0.3, 0.4) is 0 Å². The van der Waals surface area contributed by atoms with Crippen LogP contribution >= 0.6 is 0 Å². The van der Waals surface area contributed by atoms with Gasteiger partial charge in [0.15, 0.2) is 0 Å². The predicted molar refractivity (Wildman–Crippen MR) is 74.1 cm³/mol. The molecule has 0 amide bonds. The molecule has 1 aromatic rings. The highest BCUT2D eigenvalue weighted by Crippen LogP contribution is 2.29. The number of halogens is 3. The molecule has 2 heterocycles. The monoisotopic (exact) mass is 297 g/mol. The SMILES string of the molecule is FC(F)(F)Oc1cccc(CC2=CC3CCCC(C2)N3)c1. The molecule has 21 heavy (non-hydrogen) atoms. The lowest BCUT2D eigenvalue weighted by Crippen LogP contribution is -2.44. The van der Waals surface area contributed by atoms with E-state index in [0.717, 1.165) is 18.4 Å². The Kier molecular flexibility index (Phi) is 3.93. The minimum atomic E-state index is -4.64. The molecule has 3 rings (SSSR count). The average Bonchev–Trinajstić information content (AvgIpc) is 2.36. The summed E-state index contributed by atoms with van der Waals surface area (Å²) in [6, 6.07) is 7.23. The Bertz CT molecular complexity index is 539. The predicted octanol–water partition coefficient (Wildman–Crippen LogP) is 3.97. The molecule has 1 aromatic carbocycles. The number of hydrogen-bond acceptors (Lipinski definition) is 2. The lowest BCUT2D eigenvalue weighted by Gasteiger charge is -2.35. The maximum Gasteiger partial charge on any atom is 0.573 e. The highest BCUT2D eigenvalue weighted by Gasteiger charge is 2.31. The number of rotatable bonds is 3. The molecular weight excluding hydrogens is 279 g/mol. The number of nitrogens with one attached hydrogen (secondary N) is 1. The first kappa shape index (κ1) is 14.4. The van der Waals surface area contributed by atoms with Crippen LogP contribution in [-0.2, 0) is 6.42 Å². The summed E-state index contributed by atoms with van der Waals surface area (Å²) in [4.78, 5) is 0. The second-order valence-corrected chi connectivity index (χ2v) is 5.80. The summed E-state index contributed by atoms with van der Waals surface area (Å²) in [5, 5.41) is 3.56. The van der Waals surface area contributed by atoms with Gasteiger partial charge >= 0.3 is 6.36 Å². The molecule has 0 spiro atoms. The van der Waals surface area contributed by atoms with Crippen molar-refractivity contribution in [1.29, 1.82) is 0 Å². The highest BCUT2D eigenvalue weighted by atomic mass is 19.4. The van der Waals surface area contributed by atoms with E-state index in [2.05, 4.69) is 16.1 Å². The van der Waals surface area contributed by atoms with E-state index in [1.54, 1.807) is 6.07 Å². The summed E-state index contributed by atoms with van der Waals surface area (Å²) in [5.41, 5.74) is 2.18. The van der Waals surface area contributed by atoms with E-state index < -0.39 is 6.36 Å². The maximum absolute atomic E-state index is 12.2. The summed E-state index contributed by atoms with van der Waals surface area (Å²) in [5.74, 6) is -0.144. The number of piperidine rings is 1. The van der Waals surface area contributed by atoms with E-state index in [4.69, 9.17) is 0 Å². The first-order chi connectivity index (χ1) is 9.98. The smallest absolute Gasteiger partial charge is 0.406 e. The van der Waals surface area contributed by atoms with Gasteiger partial charge in [-0.25, -0.2) is 0 Å². The van der Waals surface area contributed by atoms with Crippen LogP contribution in [0.1, 0.15) is 31.2 Å². The molecule has 2 aliphatic heterocycles. The van der Waals surface area contributed by atoms with E-state index in [1.165, 1.54) is 30.5 Å². The first-order valence-corrected chi connectivity index (χ1v) is 7.28. The van der Waals surface area contributed by atoms with Gasteiger partial charge in [-0.2, -0.15) is 0 Å². The van der Waals surface area contributed by atoms with Crippen LogP contribution in [0.5, 0.6) is 5.75 Å². The van der Waals surface area contributed by atoms with Crippen molar-refractivity contribution in [3.63, 3.8) is 0 Å². The summed E-state index contributed by atoms with van der Waals surface area (Å²) in [7, 11) is 0. The lowest BCUT2D eigenvalue weighted by molar-refractivity contribution is -0.274. The van der Waals surface area contributed by atoms with E-state index in [-0.39, 0.29) is 5.75 Å². The van der Waals surface area contributed by atoms with Crippen molar-refractivity contribution in [3.05, 3.63) is 41.5 Å².